The minimum absolute atomic E-state index is 0.173. The average Bonchev–Trinajstić information content (AvgIpc) is 2.84. The summed E-state index contributed by atoms with van der Waals surface area (Å²) in [5.74, 6) is 0.719. The Morgan fingerprint density at radius 1 is 1.00 bits per heavy atom. The van der Waals surface area contributed by atoms with Crippen LogP contribution in [-0.2, 0) is 11.0 Å². The second kappa shape index (κ2) is 11.1. The Balaban J connectivity index is 1.17. The number of halogens is 4. The minimum Gasteiger partial charge on any atom is -0.382 e. The number of nitrogens with zero attached hydrogens (tertiary/aromatic N) is 2. The number of amides is 1. The molecule has 1 amide bonds. The summed E-state index contributed by atoms with van der Waals surface area (Å²) in [5, 5.41) is 4.01. The van der Waals surface area contributed by atoms with Crippen LogP contribution < -0.4 is 10.2 Å². The topological polar surface area (TPSA) is 35.6 Å². The first-order valence-electron chi connectivity index (χ1n) is 12.4. The van der Waals surface area contributed by atoms with Crippen molar-refractivity contribution < 1.29 is 18.0 Å². The Labute approximate surface area is 210 Å². The van der Waals surface area contributed by atoms with Gasteiger partial charge in [0.2, 0.25) is 5.91 Å². The fourth-order valence-corrected chi connectivity index (χ4v) is 5.33. The van der Waals surface area contributed by atoms with Crippen molar-refractivity contribution >= 4 is 28.9 Å². The largest absolute Gasteiger partial charge is 0.416 e. The SMILES string of the molecule is Cc1ccc(NC2CCC(CCC(=O)N3CCN(c4ccc(Cl)cc4)CC3)CC2)cc1C(F)(F)F. The molecule has 1 heterocycles. The predicted molar refractivity (Wildman–Crippen MR) is 135 cm³/mol. The Morgan fingerprint density at radius 3 is 2.29 bits per heavy atom. The molecule has 35 heavy (non-hydrogen) atoms. The number of alkyl halides is 3. The molecule has 2 aliphatic rings. The number of carbonyl (C=O) groups excluding carboxylic acids is 1. The molecule has 1 aliphatic carbocycles. The van der Waals surface area contributed by atoms with Crippen LogP contribution in [0.5, 0.6) is 0 Å². The van der Waals surface area contributed by atoms with E-state index in [1.807, 2.05) is 29.2 Å². The van der Waals surface area contributed by atoms with E-state index in [1.165, 1.54) is 19.1 Å². The highest BCUT2D eigenvalue weighted by Gasteiger charge is 2.33. The summed E-state index contributed by atoms with van der Waals surface area (Å²) in [6.45, 7) is 4.58. The van der Waals surface area contributed by atoms with Crippen molar-refractivity contribution in [2.75, 3.05) is 36.4 Å². The molecule has 0 aromatic heterocycles. The van der Waals surface area contributed by atoms with Crippen molar-refractivity contribution in [2.45, 2.75) is 57.7 Å². The number of hydrogen-bond acceptors (Lipinski definition) is 3. The van der Waals surface area contributed by atoms with Gasteiger partial charge in [0.1, 0.15) is 0 Å². The third-order valence-electron chi connectivity index (χ3n) is 7.35. The number of hydrogen-bond donors (Lipinski definition) is 1. The third-order valence-corrected chi connectivity index (χ3v) is 7.60. The lowest BCUT2D eigenvalue weighted by molar-refractivity contribution is -0.138. The van der Waals surface area contributed by atoms with Crippen LogP contribution >= 0.6 is 11.6 Å². The molecule has 1 saturated carbocycles. The van der Waals surface area contributed by atoms with Gasteiger partial charge in [-0.2, -0.15) is 13.2 Å². The molecule has 8 heteroatoms. The molecule has 190 valence electrons. The Hall–Kier alpha value is -2.41. The number of anilines is 2. The fourth-order valence-electron chi connectivity index (χ4n) is 5.20. The van der Waals surface area contributed by atoms with E-state index in [9.17, 15) is 18.0 Å². The van der Waals surface area contributed by atoms with Gasteiger partial charge in [0.15, 0.2) is 0 Å². The number of benzene rings is 2. The molecule has 2 fully saturated rings. The summed E-state index contributed by atoms with van der Waals surface area (Å²) >= 11 is 5.97. The molecule has 0 bridgehead atoms. The van der Waals surface area contributed by atoms with Gasteiger partial charge >= 0.3 is 6.18 Å². The Bertz CT molecular complexity index is 996. The van der Waals surface area contributed by atoms with Gasteiger partial charge in [0, 0.05) is 55.0 Å². The average molecular weight is 508 g/mol. The molecular formula is C27H33ClF3N3O. The van der Waals surface area contributed by atoms with E-state index in [1.54, 1.807) is 6.07 Å². The zero-order chi connectivity index (χ0) is 25.0. The van der Waals surface area contributed by atoms with Crippen LogP contribution in [0.15, 0.2) is 42.5 Å². The maximum Gasteiger partial charge on any atom is 0.416 e. The highest BCUT2D eigenvalue weighted by Crippen LogP contribution is 2.35. The lowest BCUT2D eigenvalue weighted by Crippen LogP contribution is -2.48. The molecule has 0 radical (unpaired) electrons. The molecule has 1 aliphatic heterocycles. The van der Waals surface area contributed by atoms with Gasteiger partial charge in [-0.1, -0.05) is 17.7 Å². The highest BCUT2D eigenvalue weighted by molar-refractivity contribution is 6.30. The number of rotatable bonds is 6. The number of aryl methyl sites for hydroxylation is 1. The van der Waals surface area contributed by atoms with Crippen LogP contribution in [0.2, 0.25) is 5.02 Å². The third kappa shape index (κ3) is 6.84. The van der Waals surface area contributed by atoms with Crippen LogP contribution in [0, 0.1) is 12.8 Å². The van der Waals surface area contributed by atoms with Crippen molar-refractivity contribution in [3.63, 3.8) is 0 Å². The van der Waals surface area contributed by atoms with E-state index in [0.29, 0.717) is 18.0 Å². The lowest BCUT2D eigenvalue weighted by atomic mass is 9.83. The quantitative estimate of drug-likeness (QED) is 0.469. The van der Waals surface area contributed by atoms with Crippen LogP contribution in [0.3, 0.4) is 0 Å². The van der Waals surface area contributed by atoms with E-state index < -0.39 is 11.7 Å². The minimum atomic E-state index is -4.34. The van der Waals surface area contributed by atoms with Crippen LogP contribution in [0.4, 0.5) is 24.5 Å². The first-order chi connectivity index (χ1) is 16.7. The molecule has 0 spiro atoms. The van der Waals surface area contributed by atoms with Crippen LogP contribution in [0.25, 0.3) is 0 Å². The highest BCUT2D eigenvalue weighted by atomic mass is 35.5. The van der Waals surface area contributed by atoms with Gasteiger partial charge in [0.25, 0.3) is 0 Å². The first kappa shape index (κ1) is 25.7. The van der Waals surface area contributed by atoms with Gasteiger partial charge < -0.3 is 15.1 Å². The van der Waals surface area contributed by atoms with Crippen LogP contribution in [0.1, 0.15) is 49.7 Å². The molecule has 2 aromatic rings. The monoisotopic (exact) mass is 507 g/mol. The van der Waals surface area contributed by atoms with Gasteiger partial charge in [0.05, 0.1) is 5.56 Å². The van der Waals surface area contributed by atoms with Crippen molar-refractivity contribution in [1.82, 2.24) is 4.90 Å². The predicted octanol–water partition coefficient (Wildman–Crippen LogP) is 6.77. The molecule has 2 aromatic carbocycles. The summed E-state index contributed by atoms with van der Waals surface area (Å²) in [5.41, 5.74) is 1.32. The van der Waals surface area contributed by atoms with Gasteiger partial charge in [-0.05, 0) is 86.9 Å². The summed E-state index contributed by atoms with van der Waals surface area (Å²) in [6.07, 6.45) is 0.916. The normalized spacial score (nSPS) is 21.2. The van der Waals surface area contributed by atoms with Gasteiger partial charge in [-0.3, -0.25) is 4.79 Å². The summed E-state index contributed by atoms with van der Waals surface area (Å²) in [7, 11) is 0. The number of carbonyl (C=O) groups is 1. The summed E-state index contributed by atoms with van der Waals surface area (Å²) < 4.78 is 39.6. The van der Waals surface area contributed by atoms with E-state index in [0.717, 1.165) is 69.0 Å². The van der Waals surface area contributed by atoms with E-state index >= 15 is 0 Å². The first-order valence-corrected chi connectivity index (χ1v) is 12.8. The standard InChI is InChI=1S/C27H33ClF3N3O/c1-19-2-8-23(18-25(19)27(29,30)31)32-22-9-3-20(4-10-22)5-13-26(35)34-16-14-33(15-17-34)24-11-6-21(28)7-12-24/h2,6-8,11-12,18,20,22,32H,3-5,9-10,13-17H2,1H3. The van der Waals surface area contributed by atoms with E-state index in [-0.39, 0.29) is 17.5 Å². The molecule has 0 unspecified atom stereocenters. The maximum absolute atomic E-state index is 13.2. The smallest absolute Gasteiger partial charge is 0.382 e. The molecule has 1 saturated heterocycles. The fraction of sp³-hybridized carbons (Fsp3) is 0.519. The van der Waals surface area contributed by atoms with Crippen molar-refractivity contribution in [3.05, 3.63) is 58.6 Å². The van der Waals surface area contributed by atoms with Crippen molar-refractivity contribution in [3.8, 4) is 0 Å². The zero-order valence-electron chi connectivity index (χ0n) is 20.1. The molecular weight excluding hydrogens is 475 g/mol. The second-order valence-corrected chi connectivity index (χ2v) is 10.2. The van der Waals surface area contributed by atoms with E-state index in [2.05, 4.69) is 10.2 Å². The Morgan fingerprint density at radius 2 is 1.66 bits per heavy atom. The molecule has 4 rings (SSSR count). The van der Waals surface area contributed by atoms with Gasteiger partial charge in [-0.25, -0.2) is 0 Å². The molecule has 4 nitrogen and oxygen atoms in total. The van der Waals surface area contributed by atoms with Crippen molar-refractivity contribution in [1.29, 1.82) is 0 Å². The molecule has 0 atom stereocenters. The number of piperazine rings is 1. The maximum atomic E-state index is 13.2. The van der Waals surface area contributed by atoms with Crippen molar-refractivity contribution in [2.24, 2.45) is 5.92 Å². The lowest BCUT2D eigenvalue weighted by Gasteiger charge is -2.36. The second-order valence-electron chi connectivity index (χ2n) is 9.77. The summed E-state index contributed by atoms with van der Waals surface area (Å²) in [4.78, 5) is 17.0. The number of nitrogens with one attached hydrogen (secondary N) is 1. The van der Waals surface area contributed by atoms with Gasteiger partial charge in [-0.15, -0.1) is 0 Å². The summed E-state index contributed by atoms with van der Waals surface area (Å²) in [6, 6.07) is 12.4. The zero-order valence-corrected chi connectivity index (χ0v) is 20.8. The van der Waals surface area contributed by atoms with Crippen LogP contribution in [-0.4, -0.2) is 43.0 Å². The Kier molecular flexibility index (Phi) is 8.15. The molecule has 1 N–H and O–H groups in total. The van der Waals surface area contributed by atoms with E-state index in [4.69, 9.17) is 11.6 Å².